The molecule has 1 saturated heterocycles. The third kappa shape index (κ3) is 9.48. The largest absolute Gasteiger partial charge is 0.444 e. The Morgan fingerprint density at radius 2 is 1.58 bits per heavy atom. The first kappa shape index (κ1) is 40.3. The summed E-state index contributed by atoms with van der Waals surface area (Å²) in [4.78, 5) is 96.0. The molecule has 4 N–H and O–H groups in total. The number of ketones is 1. The molecule has 1 aliphatic heterocycles. The standard InChI is InChI=1S/C38H56N6O8/c1-9-25(31(46)33(48)39-20-26(45)41-28(34(49)43(7)8)22-16-12-10-13-17-22)40-32(47)30-27-24(38(27,5)6)21-44(30)35(50)29(23-18-14-11-15-19-23)42-36(51)52-37(2,3)4/h10,12-13,16-17,23-25,27-30H,9,11,14-15,18-21H2,1-8H3,(H,39,48)(H,40,47)(H,41,45)(H,42,51)/t24-,25?,27-,28-,29-,30-/m0/s1. The number of carbonyl (C=O) groups excluding carboxylic acids is 7. The topological polar surface area (TPSA) is 183 Å². The first-order valence-electron chi connectivity index (χ1n) is 18.3. The number of hydrogen-bond acceptors (Lipinski definition) is 8. The smallest absolute Gasteiger partial charge is 0.408 e. The molecule has 0 spiro atoms. The Morgan fingerprint density at radius 3 is 2.15 bits per heavy atom. The van der Waals surface area contributed by atoms with Gasteiger partial charge in [0.1, 0.15) is 23.7 Å². The van der Waals surface area contributed by atoms with E-state index in [1.54, 1.807) is 72.1 Å². The first-order valence-corrected chi connectivity index (χ1v) is 18.3. The number of Topliss-reactive ketones (excluding diaryl/α,β-unsaturated/α-hetero) is 1. The van der Waals surface area contributed by atoms with Crippen molar-refractivity contribution in [2.75, 3.05) is 27.2 Å². The maximum absolute atomic E-state index is 14.3. The number of nitrogens with zero attached hydrogens (tertiary/aromatic N) is 2. The van der Waals surface area contributed by atoms with Crippen molar-refractivity contribution in [1.82, 2.24) is 31.1 Å². The second-order valence-electron chi connectivity index (χ2n) is 16.1. The number of carbonyl (C=O) groups is 7. The van der Waals surface area contributed by atoms with Crippen LogP contribution < -0.4 is 21.3 Å². The van der Waals surface area contributed by atoms with Crippen LogP contribution in [0.3, 0.4) is 0 Å². The van der Waals surface area contributed by atoms with Crippen LogP contribution in [0.15, 0.2) is 30.3 Å². The molecule has 3 aliphatic rings. The number of amides is 6. The van der Waals surface area contributed by atoms with Crippen LogP contribution in [0.5, 0.6) is 0 Å². The SMILES string of the molecule is CCC(NC(=O)[C@@H]1[C@@H]2[C@H](CN1C(=O)[C@@H](NC(=O)OC(C)(C)C)C1CCCCC1)C2(C)C)C(=O)C(=O)NCC(=O)N[C@H](C(=O)N(C)C)c1ccccc1. The molecule has 286 valence electrons. The maximum atomic E-state index is 14.3. The third-order valence-corrected chi connectivity index (χ3v) is 10.6. The van der Waals surface area contributed by atoms with Crippen LogP contribution in [0.1, 0.15) is 91.7 Å². The minimum absolute atomic E-state index is 0.0532. The maximum Gasteiger partial charge on any atom is 0.408 e. The number of likely N-dealkylation sites (N-methyl/N-ethyl adjacent to an activating group) is 1. The molecule has 0 radical (unpaired) electrons. The second kappa shape index (κ2) is 16.5. The predicted molar refractivity (Wildman–Crippen MR) is 192 cm³/mol. The first-order chi connectivity index (χ1) is 24.4. The summed E-state index contributed by atoms with van der Waals surface area (Å²) in [7, 11) is 3.12. The van der Waals surface area contributed by atoms with Gasteiger partial charge >= 0.3 is 6.09 Å². The number of ether oxygens (including phenoxy) is 1. The van der Waals surface area contributed by atoms with Crippen LogP contribution in [-0.2, 0) is 33.5 Å². The normalized spacial score (nSPS) is 22.5. The number of fused-ring (bicyclic) bond motifs is 1. The van der Waals surface area contributed by atoms with Crippen molar-refractivity contribution in [3.8, 4) is 0 Å². The minimum atomic E-state index is -1.21. The highest BCUT2D eigenvalue weighted by atomic mass is 16.6. The van der Waals surface area contributed by atoms with E-state index in [1.165, 1.54) is 9.80 Å². The number of rotatable bonds is 13. The van der Waals surface area contributed by atoms with Gasteiger partial charge in [0.15, 0.2) is 0 Å². The Balaban J connectivity index is 1.43. The van der Waals surface area contributed by atoms with E-state index in [4.69, 9.17) is 4.74 Å². The van der Waals surface area contributed by atoms with Crippen molar-refractivity contribution < 1.29 is 38.3 Å². The van der Waals surface area contributed by atoms with E-state index < -0.39 is 65.9 Å². The van der Waals surface area contributed by atoms with Crippen molar-refractivity contribution >= 4 is 41.4 Å². The average Bonchev–Trinajstić information content (AvgIpc) is 3.39. The molecule has 1 aromatic rings. The highest BCUT2D eigenvalue weighted by Gasteiger charge is 2.69. The lowest BCUT2D eigenvalue weighted by Gasteiger charge is -2.37. The molecule has 2 saturated carbocycles. The highest BCUT2D eigenvalue weighted by molar-refractivity contribution is 6.38. The molecule has 2 aliphatic carbocycles. The minimum Gasteiger partial charge on any atom is -0.444 e. The summed E-state index contributed by atoms with van der Waals surface area (Å²) >= 11 is 0. The lowest BCUT2D eigenvalue weighted by atomic mass is 9.83. The van der Waals surface area contributed by atoms with E-state index >= 15 is 0 Å². The molecule has 1 heterocycles. The van der Waals surface area contributed by atoms with Gasteiger partial charge in [0.25, 0.3) is 5.91 Å². The van der Waals surface area contributed by atoms with E-state index in [-0.39, 0.29) is 41.4 Å². The summed E-state index contributed by atoms with van der Waals surface area (Å²) in [5.41, 5.74) is -0.434. The van der Waals surface area contributed by atoms with Gasteiger partial charge in [-0.3, -0.25) is 28.8 Å². The van der Waals surface area contributed by atoms with E-state index in [0.29, 0.717) is 12.1 Å². The van der Waals surface area contributed by atoms with Gasteiger partial charge in [0.05, 0.1) is 12.6 Å². The molecule has 0 aromatic heterocycles. The Morgan fingerprint density at radius 1 is 0.942 bits per heavy atom. The van der Waals surface area contributed by atoms with Crippen LogP contribution in [0.4, 0.5) is 4.79 Å². The zero-order valence-corrected chi connectivity index (χ0v) is 31.7. The summed E-state index contributed by atoms with van der Waals surface area (Å²) in [5.74, 6) is -4.21. The summed E-state index contributed by atoms with van der Waals surface area (Å²) in [5, 5.41) is 10.5. The fraction of sp³-hybridized carbons (Fsp3) is 0.658. The van der Waals surface area contributed by atoms with Gasteiger partial charge in [-0.2, -0.15) is 0 Å². The van der Waals surface area contributed by atoms with Gasteiger partial charge in [0.2, 0.25) is 29.4 Å². The highest BCUT2D eigenvalue weighted by Crippen LogP contribution is 2.65. The molecule has 6 atom stereocenters. The van der Waals surface area contributed by atoms with Gasteiger partial charge in [-0.15, -0.1) is 0 Å². The Hall–Kier alpha value is -4.49. The molecule has 1 unspecified atom stereocenters. The Labute approximate surface area is 306 Å². The predicted octanol–water partition coefficient (Wildman–Crippen LogP) is 2.47. The number of hydrogen-bond donors (Lipinski definition) is 4. The fourth-order valence-electron chi connectivity index (χ4n) is 7.69. The van der Waals surface area contributed by atoms with Crippen LogP contribution >= 0.6 is 0 Å². The quantitative estimate of drug-likeness (QED) is 0.224. The number of benzene rings is 1. The molecule has 52 heavy (non-hydrogen) atoms. The molecule has 4 rings (SSSR count). The van der Waals surface area contributed by atoms with Crippen molar-refractivity contribution in [2.45, 2.75) is 110 Å². The van der Waals surface area contributed by atoms with E-state index in [2.05, 4.69) is 21.3 Å². The average molecular weight is 725 g/mol. The van der Waals surface area contributed by atoms with Crippen LogP contribution in [-0.4, -0.2) is 102 Å². The molecular formula is C38H56N6O8. The summed E-state index contributed by atoms with van der Waals surface area (Å²) in [6.45, 7) is 10.7. The van der Waals surface area contributed by atoms with Crippen LogP contribution in [0.25, 0.3) is 0 Å². The van der Waals surface area contributed by atoms with Crippen molar-refractivity contribution in [3.63, 3.8) is 0 Å². The lowest BCUT2D eigenvalue weighted by Crippen LogP contribution is -2.60. The van der Waals surface area contributed by atoms with Gasteiger partial charge in [-0.1, -0.05) is 70.4 Å². The zero-order valence-electron chi connectivity index (χ0n) is 31.7. The molecule has 0 bridgehead atoms. The number of likely N-dealkylation sites (tertiary alicyclic amines) is 1. The monoisotopic (exact) mass is 724 g/mol. The molecular weight excluding hydrogens is 668 g/mol. The number of alkyl carbamates (subject to hydrolysis) is 1. The second-order valence-corrected chi connectivity index (χ2v) is 16.1. The fourth-order valence-corrected chi connectivity index (χ4v) is 7.69. The molecule has 14 nitrogen and oxygen atoms in total. The molecule has 3 fully saturated rings. The summed E-state index contributed by atoms with van der Waals surface area (Å²) in [6.07, 6.45) is 3.81. The summed E-state index contributed by atoms with van der Waals surface area (Å²) in [6, 6.07) is 4.65. The van der Waals surface area contributed by atoms with E-state index in [9.17, 15) is 33.6 Å². The van der Waals surface area contributed by atoms with Crippen molar-refractivity contribution in [2.24, 2.45) is 23.2 Å². The number of nitrogens with one attached hydrogen (secondary N) is 4. The molecule has 14 heteroatoms. The molecule has 6 amide bonds. The van der Waals surface area contributed by atoms with E-state index in [0.717, 1.165) is 32.1 Å². The Kier molecular flexibility index (Phi) is 12.7. The molecule has 1 aromatic carbocycles. The van der Waals surface area contributed by atoms with Gasteiger partial charge < -0.3 is 35.8 Å². The Bertz CT molecular complexity index is 1520. The number of piperidine rings is 1. The van der Waals surface area contributed by atoms with Gasteiger partial charge in [0, 0.05) is 20.6 Å². The van der Waals surface area contributed by atoms with Crippen molar-refractivity contribution in [1.29, 1.82) is 0 Å². The summed E-state index contributed by atoms with van der Waals surface area (Å²) < 4.78 is 5.50. The van der Waals surface area contributed by atoms with Gasteiger partial charge in [-0.05, 0) is 68.8 Å². The van der Waals surface area contributed by atoms with Gasteiger partial charge in [-0.25, -0.2) is 4.79 Å². The zero-order chi connectivity index (χ0) is 38.5. The lowest BCUT2D eigenvalue weighted by molar-refractivity contribution is -0.145. The van der Waals surface area contributed by atoms with Crippen LogP contribution in [0, 0.1) is 23.2 Å². The van der Waals surface area contributed by atoms with E-state index in [1.807, 2.05) is 13.8 Å². The van der Waals surface area contributed by atoms with Crippen LogP contribution in [0.2, 0.25) is 0 Å². The van der Waals surface area contributed by atoms with Crippen molar-refractivity contribution in [3.05, 3.63) is 35.9 Å². The third-order valence-electron chi connectivity index (χ3n) is 10.6.